The molecule has 19 heavy (non-hydrogen) atoms. The second kappa shape index (κ2) is 6.90. The molecule has 0 bridgehead atoms. The van der Waals surface area contributed by atoms with Crippen LogP contribution in [0.5, 0.6) is 0 Å². The van der Waals surface area contributed by atoms with Gasteiger partial charge in [0.25, 0.3) is 0 Å². The van der Waals surface area contributed by atoms with Crippen molar-refractivity contribution in [2.75, 3.05) is 18.0 Å². The number of nitrogens with one attached hydrogen (secondary N) is 1. The van der Waals surface area contributed by atoms with Gasteiger partial charge in [-0.15, -0.1) is 0 Å². The molecule has 1 aromatic rings. The van der Waals surface area contributed by atoms with E-state index in [1.165, 1.54) is 30.6 Å². The van der Waals surface area contributed by atoms with E-state index >= 15 is 0 Å². The van der Waals surface area contributed by atoms with Gasteiger partial charge in [0.1, 0.15) is 5.82 Å². The number of hydrogen-bond donors (Lipinski definition) is 1. The lowest BCUT2D eigenvalue weighted by atomic mass is 10.1. The first-order chi connectivity index (χ1) is 9.20. The highest BCUT2D eigenvalue weighted by molar-refractivity contribution is 5.43. The topological polar surface area (TPSA) is 28.2 Å². The molecule has 1 fully saturated rings. The number of pyridine rings is 1. The van der Waals surface area contributed by atoms with Gasteiger partial charge in [0.2, 0.25) is 0 Å². The summed E-state index contributed by atoms with van der Waals surface area (Å²) in [6, 6.07) is 5.10. The molecule has 3 nitrogen and oxygen atoms in total. The molecule has 0 aromatic carbocycles. The predicted molar refractivity (Wildman–Crippen MR) is 81.4 cm³/mol. The molecule has 0 radical (unpaired) electrons. The summed E-state index contributed by atoms with van der Waals surface area (Å²) in [6.07, 6.45) is 5.86. The molecule has 0 saturated heterocycles. The van der Waals surface area contributed by atoms with Crippen LogP contribution in [0.4, 0.5) is 5.82 Å². The summed E-state index contributed by atoms with van der Waals surface area (Å²) >= 11 is 0. The van der Waals surface area contributed by atoms with E-state index in [1.807, 2.05) is 6.20 Å². The lowest BCUT2D eigenvalue weighted by Gasteiger charge is -2.25. The Hall–Kier alpha value is -1.09. The number of nitrogens with zero attached hydrogens (tertiary/aromatic N) is 2. The summed E-state index contributed by atoms with van der Waals surface area (Å²) in [7, 11) is 0. The summed E-state index contributed by atoms with van der Waals surface area (Å²) in [4.78, 5) is 7.09. The zero-order valence-corrected chi connectivity index (χ0v) is 12.5. The smallest absolute Gasteiger partial charge is 0.129 e. The third kappa shape index (κ3) is 4.50. The van der Waals surface area contributed by atoms with Gasteiger partial charge >= 0.3 is 0 Å². The number of aromatic nitrogens is 1. The van der Waals surface area contributed by atoms with E-state index in [0.717, 1.165) is 31.6 Å². The molecule has 1 aromatic heterocycles. The van der Waals surface area contributed by atoms with E-state index in [9.17, 15) is 0 Å². The maximum absolute atomic E-state index is 4.59. The SMILES string of the molecule is CCNCc1ccnc(N(CCC(C)C)C2CC2)c1. The van der Waals surface area contributed by atoms with Crippen LogP contribution in [0.1, 0.15) is 45.6 Å². The summed E-state index contributed by atoms with van der Waals surface area (Å²) < 4.78 is 0. The van der Waals surface area contributed by atoms with Crippen molar-refractivity contribution >= 4 is 5.82 Å². The summed E-state index contributed by atoms with van der Waals surface area (Å²) in [6.45, 7) is 9.81. The van der Waals surface area contributed by atoms with E-state index in [-0.39, 0.29) is 0 Å². The van der Waals surface area contributed by atoms with Crippen LogP contribution in [0.15, 0.2) is 18.3 Å². The monoisotopic (exact) mass is 261 g/mol. The summed E-state index contributed by atoms with van der Waals surface area (Å²) in [5, 5.41) is 3.38. The van der Waals surface area contributed by atoms with Crippen LogP contribution in [0.2, 0.25) is 0 Å². The number of hydrogen-bond acceptors (Lipinski definition) is 3. The quantitative estimate of drug-likeness (QED) is 0.779. The third-order valence-corrected chi connectivity index (χ3v) is 3.62. The van der Waals surface area contributed by atoms with Crippen molar-refractivity contribution in [1.29, 1.82) is 0 Å². The molecule has 2 rings (SSSR count). The average Bonchev–Trinajstić information content (AvgIpc) is 3.21. The molecule has 1 N–H and O–H groups in total. The number of rotatable bonds is 8. The highest BCUT2D eigenvalue weighted by atomic mass is 15.2. The van der Waals surface area contributed by atoms with E-state index < -0.39 is 0 Å². The first-order valence-corrected chi connectivity index (χ1v) is 7.63. The molecule has 1 aliphatic carbocycles. The van der Waals surface area contributed by atoms with Gasteiger partial charge in [-0.2, -0.15) is 0 Å². The molecule has 3 heteroatoms. The predicted octanol–water partition coefficient (Wildman–Crippen LogP) is 3.21. The van der Waals surface area contributed by atoms with Crippen molar-refractivity contribution in [2.24, 2.45) is 5.92 Å². The summed E-state index contributed by atoms with van der Waals surface area (Å²) in [5.74, 6) is 1.92. The molecule has 0 spiro atoms. The van der Waals surface area contributed by atoms with Crippen molar-refractivity contribution in [1.82, 2.24) is 10.3 Å². The standard InChI is InChI=1S/C16H27N3/c1-4-17-12-14-7-9-18-16(11-14)19(15-5-6-15)10-8-13(2)3/h7,9,11,13,15,17H,4-6,8,10,12H2,1-3H3. The molecule has 1 heterocycles. The first kappa shape index (κ1) is 14.3. The average molecular weight is 261 g/mol. The lowest BCUT2D eigenvalue weighted by molar-refractivity contribution is 0.568. The molecular formula is C16H27N3. The second-order valence-corrected chi connectivity index (χ2v) is 5.91. The fourth-order valence-corrected chi connectivity index (χ4v) is 2.26. The minimum atomic E-state index is 0.737. The van der Waals surface area contributed by atoms with Crippen LogP contribution in [0, 0.1) is 5.92 Å². The van der Waals surface area contributed by atoms with Gasteiger partial charge in [-0.3, -0.25) is 0 Å². The van der Waals surface area contributed by atoms with Crippen LogP contribution < -0.4 is 10.2 Å². The van der Waals surface area contributed by atoms with Gasteiger partial charge in [0, 0.05) is 25.3 Å². The van der Waals surface area contributed by atoms with Crippen LogP contribution in [0.3, 0.4) is 0 Å². The van der Waals surface area contributed by atoms with Gasteiger partial charge < -0.3 is 10.2 Å². The Labute approximate surface area is 117 Å². The Bertz CT molecular complexity index is 385. The first-order valence-electron chi connectivity index (χ1n) is 7.63. The van der Waals surface area contributed by atoms with Crippen molar-refractivity contribution in [3.8, 4) is 0 Å². The molecule has 0 atom stereocenters. The molecule has 0 unspecified atom stereocenters. The van der Waals surface area contributed by atoms with E-state index in [2.05, 4.69) is 48.1 Å². The Kier molecular flexibility index (Phi) is 5.20. The van der Waals surface area contributed by atoms with Gasteiger partial charge in [0.05, 0.1) is 0 Å². The fourth-order valence-electron chi connectivity index (χ4n) is 2.26. The largest absolute Gasteiger partial charge is 0.354 e. The molecule has 0 aliphatic heterocycles. The molecule has 106 valence electrons. The lowest BCUT2D eigenvalue weighted by Crippen LogP contribution is -2.28. The van der Waals surface area contributed by atoms with Crippen LogP contribution in [-0.2, 0) is 6.54 Å². The van der Waals surface area contributed by atoms with E-state index in [0.29, 0.717) is 0 Å². The zero-order valence-electron chi connectivity index (χ0n) is 12.5. The molecule has 1 aliphatic rings. The van der Waals surface area contributed by atoms with E-state index in [1.54, 1.807) is 0 Å². The van der Waals surface area contributed by atoms with Crippen LogP contribution in [0.25, 0.3) is 0 Å². The highest BCUT2D eigenvalue weighted by Gasteiger charge is 2.29. The Balaban J connectivity index is 2.03. The van der Waals surface area contributed by atoms with Gasteiger partial charge in [-0.05, 0) is 49.4 Å². The van der Waals surface area contributed by atoms with Gasteiger partial charge in [-0.25, -0.2) is 4.98 Å². The van der Waals surface area contributed by atoms with Crippen LogP contribution in [-0.4, -0.2) is 24.1 Å². The molecular weight excluding hydrogens is 234 g/mol. The maximum atomic E-state index is 4.59. The minimum absolute atomic E-state index is 0.737. The fraction of sp³-hybridized carbons (Fsp3) is 0.688. The highest BCUT2D eigenvalue weighted by Crippen LogP contribution is 2.31. The van der Waals surface area contributed by atoms with Crippen molar-refractivity contribution in [3.63, 3.8) is 0 Å². The van der Waals surface area contributed by atoms with Crippen molar-refractivity contribution < 1.29 is 0 Å². The van der Waals surface area contributed by atoms with Gasteiger partial charge in [-0.1, -0.05) is 20.8 Å². The van der Waals surface area contributed by atoms with Crippen LogP contribution >= 0.6 is 0 Å². The molecule has 0 amide bonds. The van der Waals surface area contributed by atoms with Gasteiger partial charge in [0.15, 0.2) is 0 Å². The maximum Gasteiger partial charge on any atom is 0.129 e. The second-order valence-electron chi connectivity index (χ2n) is 5.91. The zero-order chi connectivity index (χ0) is 13.7. The van der Waals surface area contributed by atoms with Crippen molar-refractivity contribution in [3.05, 3.63) is 23.9 Å². The third-order valence-electron chi connectivity index (χ3n) is 3.62. The Morgan fingerprint density at radius 1 is 1.42 bits per heavy atom. The summed E-state index contributed by atoms with van der Waals surface area (Å²) in [5.41, 5.74) is 1.34. The Morgan fingerprint density at radius 2 is 2.21 bits per heavy atom. The van der Waals surface area contributed by atoms with E-state index in [4.69, 9.17) is 0 Å². The minimum Gasteiger partial charge on any atom is -0.354 e. The number of anilines is 1. The van der Waals surface area contributed by atoms with Crippen molar-refractivity contribution in [2.45, 2.75) is 52.6 Å². The molecule has 1 saturated carbocycles. The normalized spacial score (nSPS) is 14.9. The Morgan fingerprint density at radius 3 is 2.84 bits per heavy atom.